The molecular formula is C11H19N3O. The second kappa shape index (κ2) is 4.66. The lowest BCUT2D eigenvalue weighted by Gasteiger charge is -2.22. The van der Waals surface area contributed by atoms with E-state index in [1.807, 2.05) is 24.7 Å². The monoisotopic (exact) mass is 209 g/mol. The number of anilines is 1. The van der Waals surface area contributed by atoms with Crippen molar-refractivity contribution < 1.29 is 4.74 Å². The van der Waals surface area contributed by atoms with Gasteiger partial charge in [0.2, 0.25) is 5.95 Å². The summed E-state index contributed by atoms with van der Waals surface area (Å²) in [5.41, 5.74) is 1.06. The molecule has 0 aromatic carbocycles. The zero-order valence-electron chi connectivity index (χ0n) is 9.49. The Balaban J connectivity index is 1.84. The molecule has 1 aromatic heterocycles. The fourth-order valence-electron chi connectivity index (χ4n) is 1.97. The van der Waals surface area contributed by atoms with E-state index in [1.54, 1.807) is 0 Å². The summed E-state index contributed by atoms with van der Waals surface area (Å²) in [5.74, 6) is 1.70. The van der Waals surface area contributed by atoms with Crippen molar-refractivity contribution in [3.05, 3.63) is 11.9 Å². The molecule has 84 valence electrons. The molecule has 0 spiro atoms. The van der Waals surface area contributed by atoms with Crippen molar-refractivity contribution in [1.29, 1.82) is 0 Å². The number of imidazole rings is 1. The van der Waals surface area contributed by atoms with E-state index in [1.165, 1.54) is 0 Å². The summed E-state index contributed by atoms with van der Waals surface area (Å²) in [7, 11) is 2.02. The maximum atomic E-state index is 5.33. The predicted octanol–water partition coefficient (Wildman–Crippen LogP) is 1.57. The maximum Gasteiger partial charge on any atom is 0.202 e. The van der Waals surface area contributed by atoms with Gasteiger partial charge in [-0.05, 0) is 25.7 Å². The Morgan fingerprint density at radius 1 is 1.53 bits per heavy atom. The van der Waals surface area contributed by atoms with E-state index in [-0.39, 0.29) is 0 Å². The van der Waals surface area contributed by atoms with E-state index in [2.05, 4.69) is 10.3 Å². The van der Waals surface area contributed by atoms with Crippen LogP contribution in [-0.2, 0) is 11.8 Å². The van der Waals surface area contributed by atoms with E-state index in [9.17, 15) is 0 Å². The highest BCUT2D eigenvalue weighted by Gasteiger charge is 2.14. The van der Waals surface area contributed by atoms with Crippen molar-refractivity contribution in [2.45, 2.75) is 19.8 Å². The minimum Gasteiger partial charge on any atom is -0.381 e. The smallest absolute Gasteiger partial charge is 0.202 e. The average molecular weight is 209 g/mol. The Bertz CT molecular complexity index is 316. The Kier molecular flexibility index (Phi) is 3.26. The number of rotatable bonds is 3. The van der Waals surface area contributed by atoms with Gasteiger partial charge in [-0.15, -0.1) is 0 Å². The van der Waals surface area contributed by atoms with Crippen LogP contribution in [0.15, 0.2) is 6.20 Å². The van der Waals surface area contributed by atoms with Crippen LogP contribution in [0.5, 0.6) is 0 Å². The Morgan fingerprint density at radius 2 is 2.27 bits per heavy atom. The molecule has 0 atom stereocenters. The highest BCUT2D eigenvalue weighted by atomic mass is 16.5. The van der Waals surface area contributed by atoms with Crippen LogP contribution in [0.25, 0.3) is 0 Å². The highest BCUT2D eigenvalue weighted by molar-refractivity contribution is 5.28. The molecule has 2 heterocycles. The van der Waals surface area contributed by atoms with Gasteiger partial charge in [-0.25, -0.2) is 4.98 Å². The Hall–Kier alpha value is -1.03. The fourth-order valence-corrected chi connectivity index (χ4v) is 1.97. The molecule has 0 bridgehead atoms. The standard InChI is InChI=1S/C11H19N3O/c1-9-8-14(2)11(13-9)12-7-10-3-5-15-6-4-10/h8,10H,3-7H2,1-2H3,(H,12,13). The van der Waals surface area contributed by atoms with Crippen LogP contribution in [0.4, 0.5) is 5.95 Å². The van der Waals surface area contributed by atoms with Gasteiger partial charge in [-0.1, -0.05) is 0 Å². The van der Waals surface area contributed by atoms with Gasteiger partial charge < -0.3 is 14.6 Å². The molecule has 1 fully saturated rings. The summed E-state index contributed by atoms with van der Waals surface area (Å²) in [6, 6.07) is 0. The minimum absolute atomic E-state index is 0.732. The van der Waals surface area contributed by atoms with E-state index >= 15 is 0 Å². The summed E-state index contributed by atoms with van der Waals surface area (Å²) < 4.78 is 7.37. The van der Waals surface area contributed by atoms with E-state index in [0.717, 1.165) is 50.2 Å². The van der Waals surface area contributed by atoms with Crippen molar-refractivity contribution in [2.24, 2.45) is 13.0 Å². The molecule has 4 heteroatoms. The van der Waals surface area contributed by atoms with Gasteiger partial charge in [0.25, 0.3) is 0 Å². The van der Waals surface area contributed by atoms with E-state index < -0.39 is 0 Å². The summed E-state index contributed by atoms with van der Waals surface area (Å²) in [4.78, 5) is 4.42. The molecule has 0 aliphatic carbocycles. The summed E-state index contributed by atoms with van der Waals surface area (Å²) in [6.07, 6.45) is 4.36. The quantitative estimate of drug-likeness (QED) is 0.821. The topological polar surface area (TPSA) is 39.1 Å². The normalized spacial score (nSPS) is 18.0. The average Bonchev–Trinajstić information content (AvgIpc) is 2.56. The molecule has 0 radical (unpaired) electrons. The number of nitrogens with zero attached hydrogens (tertiary/aromatic N) is 2. The van der Waals surface area contributed by atoms with Gasteiger partial charge in [0.15, 0.2) is 0 Å². The van der Waals surface area contributed by atoms with Gasteiger partial charge in [-0.2, -0.15) is 0 Å². The second-order valence-corrected chi connectivity index (χ2v) is 4.25. The van der Waals surface area contributed by atoms with E-state index in [4.69, 9.17) is 4.74 Å². The zero-order valence-corrected chi connectivity index (χ0v) is 9.49. The third-order valence-electron chi connectivity index (χ3n) is 2.89. The molecule has 0 unspecified atom stereocenters. The second-order valence-electron chi connectivity index (χ2n) is 4.25. The number of nitrogens with one attached hydrogen (secondary N) is 1. The van der Waals surface area contributed by atoms with Crippen LogP contribution in [0.3, 0.4) is 0 Å². The predicted molar refractivity (Wildman–Crippen MR) is 60.0 cm³/mol. The number of hydrogen-bond acceptors (Lipinski definition) is 3. The third kappa shape index (κ3) is 2.72. The number of aryl methyl sites for hydroxylation is 2. The van der Waals surface area contributed by atoms with Crippen LogP contribution in [-0.4, -0.2) is 29.3 Å². The van der Waals surface area contributed by atoms with Gasteiger partial charge in [0.1, 0.15) is 0 Å². The molecule has 15 heavy (non-hydrogen) atoms. The summed E-state index contributed by atoms with van der Waals surface area (Å²) >= 11 is 0. The van der Waals surface area contributed by atoms with Crippen molar-refractivity contribution in [2.75, 3.05) is 25.1 Å². The lowest BCUT2D eigenvalue weighted by atomic mass is 10.0. The fraction of sp³-hybridized carbons (Fsp3) is 0.727. The van der Waals surface area contributed by atoms with Gasteiger partial charge in [-0.3, -0.25) is 0 Å². The van der Waals surface area contributed by atoms with Crippen molar-refractivity contribution in [3.8, 4) is 0 Å². The number of aromatic nitrogens is 2. The first kappa shape index (κ1) is 10.5. The third-order valence-corrected chi connectivity index (χ3v) is 2.89. The summed E-state index contributed by atoms with van der Waals surface area (Å²) in [5, 5.41) is 3.40. The summed E-state index contributed by atoms with van der Waals surface area (Å²) in [6.45, 7) is 4.84. The van der Waals surface area contributed by atoms with Gasteiger partial charge >= 0.3 is 0 Å². The first-order valence-corrected chi connectivity index (χ1v) is 5.57. The maximum absolute atomic E-state index is 5.33. The molecule has 2 rings (SSSR count). The van der Waals surface area contributed by atoms with Crippen LogP contribution >= 0.6 is 0 Å². The molecule has 1 N–H and O–H groups in total. The van der Waals surface area contributed by atoms with Crippen LogP contribution in [0.2, 0.25) is 0 Å². The SMILES string of the molecule is Cc1cn(C)c(NCC2CCOCC2)n1. The van der Waals surface area contributed by atoms with Gasteiger partial charge in [0.05, 0.1) is 5.69 Å². The molecule has 1 aliphatic rings. The molecule has 1 aromatic rings. The minimum atomic E-state index is 0.732. The largest absolute Gasteiger partial charge is 0.381 e. The zero-order chi connectivity index (χ0) is 10.7. The number of ether oxygens (including phenoxy) is 1. The van der Waals surface area contributed by atoms with Crippen molar-refractivity contribution >= 4 is 5.95 Å². The molecule has 4 nitrogen and oxygen atoms in total. The van der Waals surface area contributed by atoms with Crippen molar-refractivity contribution in [1.82, 2.24) is 9.55 Å². The number of hydrogen-bond donors (Lipinski definition) is 1. The first-order valence-electron chi connectivity index (χ1n) is 5.57. The van der Waals surface area contributed by atoms with Crippen LogP contribution < -0.4 is 5.32 Å². The van der Waals surface area contributed by atoms with Crippen LogP contribution in [0.1, 0.15) is 18.5 Å². The van der Waals surface area contributed by atoms with Crippen LogP contribution in [0, 0.1) is 12.8 Å². The Labute approximate surface area is 90.6 Å². The Morgan fingerprint density at radius 3 is 2.87 bits per heavy atom. The molecular weight excluding hydrogens is 190 g/mol. The van der Waals surface area contributed by atoms with Gasteiger partial charge in [0, 0.05) is 33.0 Å². The first-order chi connectivity index (χ1) is 7.25. The molecule has 1 saturated heterocycles. The molecule has 1 aliphatic heterocycles. The lowest BCUT2D eigenvalue weighted by molar-refractivity contribution is 0.0699. The molecule has 0 amide bonds. The highest BCUT2D eigenvalue weighted by Crippen LogP contribution is 2.15. The molecule has 0 saturated carbocycles. The van der Waals surface area contributed by atoms with Crippen molar-refractivity contribution in [3.63, 3.8) is 0 Å². The lowest BCUT2D eigenvalue weighted by Crippen LogP contribution is -2.23. The van der Waals surface area contributed by atoms with E-state index in [0.29, 0.717) is 0 Å².